The molecule has 1 N–H and O–H groups in total. The molecule has 2 rings (SSSR count). The van der Waals surface area contributed by atoms with E-state index in [-0.39, 0.29) is 17.1 Å². The molecule has 3 heteroatoms. The Hall–Kier alpha value is -0.570. The molecule has 1 saturated heterocycles. The van der Waals surface area contributed by atoms with Gasteiger partial charge in [-0.05, 0) is 38.5 Å². The van der Waals surface area contributed by atoms with Crippen LogP contribution in [0.2, 0.25) is 0 Å². The molecular weight excluding hydrogens is 212 g/mol. The Labute approximate surface area is 105 Å². The first-order valence-corrected chi connectivity index (χ1v) is 6.92. The highest BCUT2D eigenvalue weighted by Gasteiger charge is 2.51. The first-order chi connectivity index (χ1) is 7.82. The maximum atomic E-state index is 12.6. The Kier molecular flexibility index (Phi) is 3.01. The molecule has 1 aliphatic carbocycles. The van der Waals surface area contributed by atoms with Crippen LogP contribution < -0.4 is 5.32 Å². The highest BCUT2D eigenvalue weighted by atomic mass is 16.2. The van der Waals surface area contributed by atoms with Crippen LogP contribution in [0.15, 0.2) is 0 Å². The van der Waals surface area contributed by atoms with Crippen molar-refractivity contribution in [2.24, 2.45) is 5.41 Å². The van der Waals surface area contributed by atoms with Crippen LogP contribution in [0.5, 0.6) is 0 Å². The van der Waals surface area contributed by atoms with Gasteiger partial charge in [-0.1, -0.05) is 27.2 Å². The molecule has 0 bridgehead atoms. The molecule has 0 aromatic rings. The van der Waals surface area contributed by atoms with Gasteiger partial charge in [0.05, 0.1) is 11.7 Å². The van der Waals surface area contributed by atoms with Crippen LogP contribution in [0.1, 0.15) is 60.3 Å². The lowest BCUT2D eigenvalue weighted by Crippen LogP contribution is -2.48. The molecule has 3 unspecified atom stereocenters. The number of carbonyl (C=O) groups excluding carboxylic acids is 1. The first-order valence-electron chi connectivity index (χ1n) is 6.92. The summed E-state index contributed by atoms with van der Waals surface area (Å²) in [5, 5.41) is 3.47. The van der Waals surface area contributed by atoms with Crippen molar-refractivity contribution < 1.29 is 4.79 Å². The fourth-order valence-corrected chi connectivity index (χ4v) is 3.54. The van der Waals surface area contributed by atoms with E-state index in [1.54, 1.807) is 0 Å². The van der Waals surface area contributed by atoms with Crippen LogP contribution in [0, 0.1) is 5.41 Å². The van der Waals surface area contributed by atoms with Gasteiger partial charge in [-0.3, -0.25) is 10.1 Å². The fourth-order valence-electron chi connectivity index (χ4n) is 3.54. The van der Waals surface area contributed by atoms with Crippen molar-refractivity contribution in [3.8, 4) is 0 Å². The Morgan fingerprint density at radius 1 is 1.41 bits per heavy atom. The summed E-state index contributed by atoms with van der Waals surface area (Å²) >= 11 is 0. The largest absolute Gasteiger partial charge is 0.322 e. The van der Waals surface area contributed by atoms with Crippen LogP contribution >= 0.6 is 0 Å². The van der Waals surface area contributed by atoms with Crippen LogP contribution in [-0.2, 0) is 4.79 Å². The SMILES string of the molecule is CCC1(C)NC(C)N(C2CCCC2(C)C)C1=O. The van der Waals surface area contributed by atoms with Gasteiger partial charge in [0.25, 0.3) is 0 Å². The summed E-state index contributed by atoms with van der Waals surface area (Å²) in [7, 11) is 0. The maximum Gasteiger partial charge on any atom is 0.244 e. The predicted molar refractivity (Wildman–Crippen MR) is 69.6 cm³/mol. The zero-order valence-electron chi connectivity index (χ0n) is 11.8. The highest BCUT2D eigenvalue weighted by Crippen LogP contribution is 2.43. The Morgan fingerprint density at radius 2 is 2.06 bits per heavy atom. The molecule has 0 aromatic carbocycles. The number of nitrogens with zero attached hydrogens (tertiary/aromatic N) is 1. The van der Waals surface area contributed by atoms with Crippen molar-refractivity contribution >= 4 is 5.91 Å². The van der Waals surface area contributed by atoms with Gasteiger partial charge in [-0.15, -0.1) is 0 Å². The first kappa shape index (κ1) is 12.9. The van der Waals surface area contributed by atoms with Crippen molar-refractivity contribution in [3.63, 3.8) is 0 Å². The normalized spacial score (nSPS) is 41.2. The number of rotatable bonds is 2. The number of amides is 1. The average Bonchev–Trinajstić information content (AvgIpc) is 2.68. The van der Waals surface area contributed by atoms with E-state index >= 15 is 0 Å². The van der Waals surface area contributed by atoms with Crippen LogP contribution in [0.3, 0.4) is 0 Å². The van der Waals surface area contributed by atoms with E-state index in [9.17, 15) is 4.79 Å². The zero-order chi connectivity index (χ0) is 12.8. The molecule has 0 radical (unpaired) electrons. The Morgan fingerprint density at radius 3 is 2.47 bits per heavy atom. The molecule has 3 atom stereocenters. The maximum absolute atomic E-state index is 12.6. The number of carbonyl (C=O) groups is 1. The number of hydrogen-bond acceptors (Lipinski definition) is 2. The lowest BCUT2D eigenvalue weighted by atomic mass is 9.85. The van der Waals surface area contributed by atoms with E-state index in [1.807, 2.05) is 6.92 Å². The molecule has 98 valence electrons. The summed E-state index contributed by atoms with van der Waals surface area (Å²) in [4.78, 5) is 14.7. The number of nitrogens with one attached hydrogen (secondary N) is 1. The lowest BCUT2D eigenvalue weighted by molar-refractivity contribution is -0.136. The van der Waals surface area contributed by atoms with Gasteiger partial charge in [0, 0.05) is 6.04 Å². The highest BCUT2D eigenvalue weighted by molar-refractivity contribution is 5.88. The molecule has 1 heterocycles. The van der Waals surface area contributed by atoms with E-state index in [0.717, 1.165) is 12.8 Å². The van der Waals surface area contributed by atoms with Gasteiger partial charge in [0.2, 0.25) is 5.91 Å². The van der Waals surface area contributed by atoms with Crippen molar-refractivity contribution in [2.75, 3.05) is 0 Å². The minimum Gasteiger partial charge on any atom is -0.322 e. The van der Waals surface area contributed by atoms with E-state index in [0.29, 0.717) is 11.9 Å². The third-order valence-electron chi connectivity index (χ3n) is 4.89. The third-order valence-corrected chi connectivity index (χ3v) is 4.89. The van der Waals surface area contributed by atoms with E-state index in [2.05, 4.69) is 37.9 Å². The zero-order valence-corrected chi connectivity index (χ0v) is 11.8. The van der Waals surface area contributed by atoms with Crippen molar-refractivity contribution in [1.82, 2.24) is 10.2 Å². The molecule has 1 aliphatic heterocycles. The molecule has 2 fully saturated rings. The molecule has 2 aliphatic rings. The van der Waals surface area contributed by atoms with Gasteiger partial charge in [-0.25, -0.2) is 0 Å². The van der Waals surface area contributed by atoms with Gasteiger partial charge in [0.1, 0.15) is 0 Å². The summed E-state index contributed by atoms with van der Waals surface area (Å²) in [6.07, 6.45) is 4.67. The monoisotopic (exact) mass is 238 g/mol. The van der Waals surface area contributed by atoms with Crippen molar-refractivity contribution in [3.05, 3.63) is 0 Å². The van der Waals surface area contributed by atoms with Crippen LogP contribution in [0.25, 0.3) is 0 Å². The van der Waals surface area contributed by atoms with Crippen molar-refractivity contribution in [2.45, 2.75) is 78.0 Å². The summed E-state index contributed by atoms with van der Waals surface area (Å²) in [6, 6.07) is 0.408. The smallest absolute Gasteiger partial charge is 0.244 e. The second kappa shape index (κ2) is 3.98. The van der Waals surface area contributed by atoms with Gasteiger partial charge in [-0.2, -0.15) is 0 Å². The van der Waals surface area contributed by atoms with Gasteiger partial charge < -0.3 is 4.90 Å². The minimum atomic E-state index is -0.349. The molecule has 0 spiro atoms. The molecule has 1 amide bonds. The number of hydrogen-bond donors (Lipinski definition) is 1. The summed E-state index contributed by atoms with van der Waals surface area (Å²) in [5.41, 5.74) is -0.0807. The van der Waals surface area contributed by atoms with Gasteiger partial charge >= 0.3 is 0 Å². The molecule has 1 saturated carbocycles. The van der Waals surface area contributed by atoms with E-state index < -0.39 is 0 Å². The minimum absolute atomic E-state index is 0.176. The average molecular weight is 238 g/mol. The Bertz CT molecular complexity index is 326. The van der Waals surface area contributed by atoms with Crippen LogP contribution in [0.4, 0.5) is 0 Å². The summed E-state index contributed by atoms with van der Waals surface area (Å²) in [6.45, 7) is 10.8. The van der Waals surface area contributed by atoms with E-state index in [1.165, 1.54) is 12.8 Å². The second-order valence-corrected chi connectivity index (χ2v) is 6.62. The quantitative estimate of drug-likeness (QED) is 0.801. The fraction of sp³-hybridized carbons (Fsp3) is 0.929. The molecule has 0 aromatic heterocycles. The van der Waals surface area contributed by atoms with Gasteiger partial charge in [0.15, 0.2) is 0 Å². The standard InChI is InChI=1S/C14H26N2O/c1-6-14(5)12(17)16(10(2)15-14)11-8-7-9-13(11,3)4/h10-11,15H,6-9H2,1-5H3. The predicted octanol–water partition coefficient (Wildman–Crippen LogP) is 2.51. The summed E-state index contributed by atoms with van der Waals surface area (Å²) < 4.78 is 0. The van der Waals surface area contributed by atoms with E-state index in [4.69, 9.17) is 0 Å². The van der Waals surface area contributed by atoms with Crippen LogP contribution in [-0.4, -0.2) is 28.6 Å². The molecule has 17 heavy (non-hydrogen) atoms. The topological polar surface area (TPSA) is 32.3 Å². The molecule has 3 nitrogen and oxygen atoms in total. The Balaban J connectivity index is 2.25. The summed E-state index contributed by atoms with van der Waals surface area (Å²) in [5.74, 6) is 0.299. The third kappa shape index (κ3) is 1.88. The second-order valence-electron chi connectivity index (χ2n) is 6.62. The molecular formula is C14H26N2O. The lowest BCUT2D eigenvalue weighted by Gasteiger charge is -2.37. The van der Waals surface area contributed by atoms with Crippen molar-refractivity contribution in [1.29, 1.82) is 0 Å².